The molecule has 0 bridgehead atoms. The summed E-state index contributed by atoms with van der Waals surface area (Å²) in [4.78, 5) is 10.0. The van der Waals surface area contributed by atoms with Crippen LogP contribution in [0.4, 0.5) is 28.4 Å². The predicted octanol–water partition coefficient (Wildman–Crippen LogP) is 2.82. The van der Waals surface area contributed by atoms with Crippen LogP contribution < -0.4 is 34.9 Å². The molecule has 1 N–H and O–H groups in total. The Balaban J connectivity index is 0.00000306. The van der Waals surface area contributed by atoms with Gasteiger partial charge in [0, 0.05) is 34.3 Å². The van der Waals surface area contributed by atoms with E-state index in [0.29, 0.717) is 22.4 Å². The summed E-state index contributed by atoms with van der Waals surface area (Å²) in [5, 5.41) is 22.9. The van der Waals surface area contributed by atoms with Crippen LogP contribution in [-0.2, 0) is 10.1 Å². The quantitative estimate of drug-likeness (QED) is 0.151. The van der Waals surface area contributed by atoms with Crippen LogP contribution in [-0.4, -0.2) is 17.9 Å². The third kappa shape index (κ3) is 5.62. The molecular weight excluding hydrogens is 455 g/mol. The fraction of sp³-hybridized carbons (Fsp3) is 0. The number of benzene rings is 4. The van der Waals surface area contributed by atoms with Crippen LogP contribution in [0.3, 0.4) is 0 Å². The Bertz CT molecular complexity index is 1460. The van der Waals surface area contributed by atoms with Crippen LogP contribution in [0.25, 0.3) is 10.8 Å². The summed E-state index contributed by atoms with van der Waals surface area (Å²) < 4.78 is 35.8. The third-order valence-corrected chi connectivity index (χ3v) is 5.49. The molecule has 0 radical (unpaired) electrons. The summed E-state index contributed by atoms with van der Waals surface area (Å²) in [5.41, 5.74) is 1.55. The van der Waals surface area contributed by atoms with Crippen LogP contribution in [0.2, 0.25) is 0 Å². The molecule has 9 nitrogen and oxygen atoms in total. The van der Waals surface area contributed by atoms with E-state index in [9.17, 15) is 23.1 Å². The van der Waals surface area contributed by atoms with Crippen molar-refractivity contribution in [3.8, 4) is 0 Å². The molecule has 0 atom stereocenters. The van der Waals surface area contributed by atoms with E-state index in [1.54, 1.807) is 36.4 Å². The Kier molecular flexibility index (Phi) is 7.57. The minimum Gasteiger partial charge on any atom is -0.744 e. The first-order chi connectivity index (χ1) is 15.3. The zero-order valence-corrected chi connectivity index (χ0v) is 20.2. The van der Waals surface area contributed by atoms with E-state index in [-0.39, 0.29) is 51.2 Å². The Morgan fingerprint density at radius 2 is 1.58 bits per heavy atom. The third-order valence-electron chi connectivity index (χ3n) is 4.62. The van der Waals surface area contributed by atoms with E-state index >= 15 is 0 Å². The van der Waals surface area contributed by atoms with Gasteiger partial charge in [0.15, 0.2) is 0 Å². The summed E-state index contributed by atoms with van der Waals surface area (Å²) in [6, 6.07) is 22.3. The van der Waals surface area contributed by atoms with E-state index in [1.165, 1.54) is 30.3 Å². The average Bonchev–Trinajstić information content (AvgIpc) is 2.78. The zero-order valence-electron chi connectivity index (χ0n) is 17.4. The van der Waals surface area contributed by atoms with Crippen LogP contribution >= 0.6 is 0 Å². The topological polar surface area (TPSA) is 137 Å². The van der Waals surface area contributed by atoms with Gasteiger partial charge in [0.1, 0.15) is 10.1 Å². The molecule has 4 aromatic rings. The van der Waals surface area contributed by atoms with Crippen molar-refractivity contribution in [3.63, 3.8) is 0 Å². The van der Waals surface area contributed by atoms with Crippen molar-refractivity contribution in [2.45, 2.75) is 4.90 Å². The maximum atomic E-state index is 11.9. The number of hydrogen-bond donors (Lipinski definition) is 1. The van der Waals surface area contributed by atoms with Crippen LogP contribution in [0.5, 0.6) is 0 Å². The first-order valence-corrected chi connectivity index (χ1v) is 10.7. The molecule has 0 heterocycles. The Morgan fingerprint density at radius 3 is 2.27 bits per heavy atom. The van der Waals surface area contributed by atoms with Gasteiger partial charge in [0.05, 0.1) is 21.2 Å². The molecule has 0 aliphatic carbocycles. The van der Waals surface area contributed by atoms with Gasteiger partial charge in [0.25, 0.3) is 5.69 Å². The van der Waals surface area contributed by atoms with Crippen molar-refractivity contribution >= 4 is 49.3 Å². The van der Waals surface area contributed by atoms with E-state index in [4.69, 9.17) is 0 Å². The monoisotopic (exact) mass is 470 g/mol. The van der Waals surface area contributed by atoms with E-state index in [1.807, 2.05) is 18.2 Å². The average molecular weight is 470 g/mol. The van der Waals surface area contributed by atoms with Gasteiger partial charge in [-0.05, 0) is 36.4 Å². The maximum Gasteiger partial charge on any atom is 1.00 e. The number of non-ortho nitro benzene ring substituents is 1. The molecular formula is C22H15N4NaO5S. The van der Waals surface area contributed by atoms with Gasteiger partial charge in [0.2, 0.25) is 0 Å². The molecule has 0 aliphatic rings. The van der Waals surface area contributed by atoms with Gasteiger partial charge >= 0.3 is 29.6 Å². The summed E-state index contributed by atoms with van der Waals surface area (Å²) >= 11 is 0. The molecule has 4 rings (SSSR count). The number of nitrogens with one attached hydrogen (secondary N) is 1. The Morgan fingerprint density at radius 1 is 0.848 bits per heavy atom. The van der Waals surface area contributed by atoms with Crippen LogP contribution in [0, 0.1) is 10.1 Å². The van der Waals surface area contributed by atoms with Gasteiger partial charge < -0.3 is 9.87 Å². The summed E-state index contributed by atoms with van der Waals surface area (Å²) in [5.74, 6) is 0. The molecule has 0 amide bonds. The number of rotatable bonds is 6. The van der Waals surface area contributed by atoms with E-state index < -0.39 is 15.0 Å². The second-order valence-corrected chi connectivity index (χ2v) is 8.08. The van der Waals surface area contributed by atoms with Crippen molar-refractivity contribution < 1.29 is 47.5 Å². The van der Waals surface area contributed by atoms with Crippen molar-refractivity contribution in [1.82, 2.24) is 0 Å². The Hall–Kier alpha value is -3.15. The van der Waals surface area contributed by atoms with Crippen molar-refractivity contribution in [3.05, 3.63) is 95.0 Å². The molecule has 0 spiro atoms. The first kappa shape index (κ1) is 24.5. The number of nitro benzene ring substituents is 1. The maximum absolute atomic E-state index is 11.9. The molecule has 0 saturated heterocycles. The smallest absolute Gasteiger partial charge is 0.744 e. The summed E-state index contributed by atoms with van der Waals surface area (Å²) in [7, 11) is -4.78. The van der Waals surface area contributed by atoms with Gasteiger partial charge in [-0.3, -0.25) is 10.1 Å². The summed E-state index contributed by atoms with van der Waals surface area (Å²) in [6.07, 6.45) is 0. The number of para-hydroxylation sites is 1. The van der Waals surface area contributed by atoms with Gasteiger partial charge in [-0.1, -0.05) is 36.4 Å². The number of nitrogens with zero attached hydrogens (tertiary/aromatic N) is 3. The second-order valence-electron chi connectivity index (χ2n) is 6.73. The van der Waals surface area contributed by atoms with E-state index in [0.717, 1.165) is 0 Å². The molecule has 33 heavy (non-hydrogen) atoms. The minimum absolute atomic E-state index is 0. The number of nitro groups is 1. The SMILES string of the molecule is O=[N+]([O-])c1cccc(N=Nc2ccc(Nc3ccccc3)c3c(S(=O)(=O)[O-])cccc23)c1.[Na+]. The van der Waals surface area contributed by atoms with Crippen molar-refractivity contribution in [1.29, 1.82) is 0 Å². The molecule has 0 aliphatic heterocycles. The molecule has 0 fully saturated rings. The second kappa shape index (κ2) is 10.2. The van der Waals surface area contributed by atoms with Crippen LogP contribution in [0.1, 0.15) is 0 Å². The minimum atomic E-state index is -4.78. The molecule has 0 aromatic heterocycles. The molecule has 0 unspecified atom stereocenters. The fourth-order valence-electron chi connectivity index (χ4n) is 3.21. The molecule has 11 heteroatoms. The van der Waals surface area contributed by atoms with E-state index in [2.05, 4.69) is 15.5 Å². The number of fused-ring (bicyclic) bond motifs is 1. The summed E-state index contributed by atoms with van der Waals surface area (Å²) in [6.45, 7) is 0. The van der Waals surface area contributed by atoms with Gasteiger partial charge in [-0.15, -0.1) is 5.11 Å². The molecule has 0 saturated carbocycles. The predicted molar refractivity (Wildman–Crippen MR) is 119 cm³/mol. The zero-order chi connectivity index (χ0) is 22.7. The number of azo groups is 1. The standard InChI is InChI=1S/C22H16N4O5S.Na/c27-26(28)17-9-4-8-16(14-17)24-25-19-12-13-20(23-15-6-2-1-3-7-15)22-18(19)10-5-11-21(22)32(29,30)31;/h1-14,23H,(H,29,30,31);/q;+1/p-1. The van der Waals surface area contributed by atoms with Crippen molar-refractivity contribution in [2.24, 2.45) is 10.2 Å². The fourth-order valence-corrected chi connectivity index (χ4v) is 3.93. The van der Waals surface area contributed by atoms with Crippen LogP contribution in [0.15, 0.2) is 100 Å². The van der Waals surface area contributed by atoms with Gasteiger partial charge in [-0.25, -0.2) is 8.42 Å². The molecule has 160 valence electrons. The number of hydrogen-bond acceptors (Lipinski definition) is 8. The largest absolute Gasteiger partial charge is 1.00 e. The van der Waals surface area contributed by atoms with Gasteiger partial charge in [-0.2, -0.15) is 5.11 Å². The van der Waals surface area contributed by atoms with Crippen molar-refractivity contribution in [2.75, 3.05) is 5.32 Å². The Labute approximate surface area is 211 Å². The molecule has 4 aromatic carbocycles. The first-order valence-electron chi connectivity index (χ1n) is 9.33. The normalized spacial score (nSPS) is 11.3. The number of anilines is 2.